The van der Waals surface area contributed by atoms with Crippen molar-refractivity contribution in [3.05, 3.63) is 18.0 Å². The summed E-state index contributed by atoms with van der Waals surface area (Å²) in [6.07, 6.45) is 12.5. The lowest BCUT2D eigenvalue weighted by atomic mass is 9.83. The van der Waals surface area contributed by atoms with E-state index in [1.807, 2.05) is 6.20 Å². The van der Waals surface area contributed by atoms with Gasteiger partial charge in [-0.1, -0.05) is 26.2 Å². The highest BCUT2D eigenvalue weighted by Gasteiger charge is 2.23. The number of aryl methyl sites for hydroxylation is 1. The van der Waals surface area contributed by atoms with Gasteiger partial charge in [-0.05, 0) is 37.7 Å². The summed E-state index contributed by atoms with van der Waals surface area (Å²) in [5.74, 6) is 0.864. The van der Waals surface area contributed by atoms with Crippen molar-refractivity contribution in [1.29, 1.82) is 0 Å². The molecule has 1 aliphatic rings. The highest BCUT2D eigenvalue weighted by Crippen LogP contribution is 2.34. The molecule has 84 valence electrons. The van der Waals surface area contributed by atoms with Gasteiger partial charge in [-0.3, -0.25) is 4.68 Å². The molecule has 2 heteroatoms. The molecular formula is C13H22N2. The SMILES string of the molecule is CCC(C1CCCCC1)n1cc(C)cn1. The molecule has 0 radical (unpaired) electrons. The van der Waals surface area contributed by atoms with Gasteiger partial charge in [0.25, 0.3) is 0 Å². The molecule has 2 rings (SSSR count). The monoisotopic (exact) mass is 206 g/mol. The van der Waals surface area contributed by atoms with E-state index in [0.29, 0.717) is 6.04 Å². The van der Waals surface area contributed by atoms with Crippen molar-refractivity contribution < 1.29 is 0 Å². The average molecular weight is 206 g/mol. The number of aromatic nitrogens is 2. The largest absolute Gasteiger partial charge is 0.269 e. The van der Waals surface area contributed by atoms with Crippen LogP contribution in [0.25, 0.3) is 0 Å². The zero-order valence-corrected chi connectivity index (χ0v) is 9.95. The molecular weight excluding hydrogens is 184 g/mol. The fourth-order valence-corrected chi connectivity index (χ4v) is 2.87. The minimum atomic E-state index is 0.638. The molecule has 1 atom stereocenters. The van der Waals surface area contributed by atoms with Crippen molar-refractivity contribution in [3.63, 3.8) is 0 Å². The van der Waals surface area contributed by atoms with Crippen LogP contribution in [0.4, 0.5) is 0 Å². The summed E-state index contributed by atoms with van der Waals surface area (Å²) >= 11 is 0. The molecule has 0 spiro atoms. The van der Waals surface area contributed by atoms with E-state index in [4.69, 9.17) is 0 Å². The lowest BCUT2D eigenvalue weighted by Gasteiger charge is -2.29. The van der Waals surface area contributed by atoms with Crippen LogP contribution >= 0.6 is 0 Å². The van der Waals surface area contributed by atoms with Crippen molar-refractivity contribution in [2.75, 3.05) is 0 Å². The molecule has 1 aliphatic carbocycles. The molecule has 0 bridgehead atoms. The van der Waals surface area contributed by atoms with Crippen LogP contribution in [-0.4, -0.2) is 9.78 Å². The van der Waals surface area contributed by atoms with Gasteiger partial charge in [0.1, 0.15) is 0 Å². The molecule has 1 aromatic rings. The first-order chi connectivity index (χ1) is 7.31. The van der Waals surface area contributed by atoms with Crippen molar-refractivity contribution in [3.8, 4) is 0 Å². The third-order valence-electron chi connectivity index (χ3n) is 3.68. The van der Waals surface area contributed by atoms with Crippen molar-refractivity contribution in [2.45, 2.75) is 58.4 Å². The molecule has 1 fully saturated rings. The second-order valence-electron chi connectivity index (χ2n) is 4.87. The van der Waals surface area contributed by atoms with E-state index in [0.717, 1.165) is 5.92 Å². The first-order valence-electron chi connectivity index (χ1n) is 6.32. The molecule has 1 saturated carbocycles. The third-order valence-corrected chi connectivity index (χ3v) is 3.68. The van der Waals surface area contributed by atoms with Crippen LogP contribution in [0.2, 0.25) is 0 Å². The smallest absolute Gasteiger partial charge is 0.0544 e. The fraction of sp³-hybridized carbons (Fsp3) is 0.769. The molecule has 0 saturated heterocycles. The first kappa shape index (κ1) is 10.7. The average Bonchev–Trinajstić information content (AvgIpc) is 2.68. The summed E-state index contributed by atoms with van der Waals surface area (Å²) < 4.78 is 2.20. The highest BCUT2D eigenvalue weighted by molar-refractivity contribution is 5.01. The van der Waals surface area contributed by atoms with Gasteiger partial charge in [-0.25, -0.2) is 0 Å². The molecule has 1 heterocycles. The van der Waals surface area contributed by atoms with Crippen LogP contribution in [0.3, 0.4) is 0 Å². The first-order valence-corrected chi connectivity index (χ1v) is 6.32. The second kappa shape index (κ2) is 4.82. The Morgan fingerprint density at radius 3 is 2.67 bits per heavy atom. The predicted molar refractivity (Wildman–Crippen MR) is 62.9 cm³/mol. The van der Waals surface area contributed by atoms with Gasteiger partial charge < -0.3 is 0 Å². The Bertz CT molecular complexity index is 297. The molecule has 2 nitrogen and oxygen atoms in total. The van der Waals surface area contributed by atoms with Crippen LogP contribution < -0.4 is 0 Å². The number of hydrogen-bond acceptors (Lipinski definition) is 1. The van der Waals surface area contributed by atoms with Gasteiger partial charge in [0.2, 0.25) is 0 Å². The Balaban J connectivity index is 2.08. The van der Waals surface area contributed by atoms with Crippen LogP contribution in [-0.2, 0) is 0 Å². The number of hydrogen-bond donors (Lipinski definition) is 0. The standard InChI is InChI=1S/C13H22N2/c1-3-13(12-7-5-4-6-8-12)15-10-11(2)9-14-15/h9-10,12-13H,3-8H2,1-2H3. The molecule has 1 unspecified atom stereocenters. The Kier molecular flexibility index (Phi) is 3.45. The van der Waals surface area contributed by atoms with E-state index in [1.165, 1.54) is 44.1 Å². The second-order valence-corrected chi connectivity index (χ2v) is 4.87. The topological polar surface area (TPSA) is 17.8 Å². The maximum absolute atomic E-state index is 4.48. The Morgan fingerprint density at radius 1 is 1.40 bits per heavy atom. The van der Waals surface area contributed by atoms with E-state index in [2.05, 4.69) is 29.8 Å². The van der Waals surface area contributed by atoms with Gasteiger partial charge >= 0.3 is 0 Å². The predicted octanol–water partition coefficient (Wildman–Crippen LogP) is 3.72. The van der Waals surface area contributed by atoms with E-state index in [-0.39, 0.29) is 0 Å². The maximum Gasteiger partial charge on any atom is 0.0544 e. The van der Waals surface area contributed by atoms with Gasteiger partial charge in [0.05, 0.1) is 12.2 Å². The maximum atomic E-state index is 4.48. The summed E-state index contributed by atoms with van der Waals surface area (Å²) in [5.41, 5.74) is 1.28. The van der Waals surface area contributed by atoms with E-state index >= 15 is 0 Å². The van der Waals surface area contributed by atoms with E-state index < -0.39 is 0 Å². The van der Waals surface area contributed by atoms with Crippen LogP contribution in [0.1, 0.15) is 57.1 Å². The fourth-order valence-electron chi connectivity index (χ4n) is 2.87. The summed E-state index contributed by atoms with van der Waals surface area (Å²) in [4.78, 5) is 0. The zero-order chi connectivity index (χ0) is 10.7. The quantitative estimate of drug-likeness (QED) is 0.737. The summed E-state index contributed by atoms with van der Waals surface area (Å²) in [7, 11) is 0. The van der Waals surface area contributed by atoms with E-state index in [9.17, 15) is 0 Å². The Hall–Kier alpha value is -0.790. The number of rotatable bonds is 3. The molecule has 0 amide bonds. The van der Waals surface area contributed by atoms with Crippen molar-refractivity contribution >= 4 is 0 Å². The van der Waals surface area contributed by atoms with Crippen LogP contribution in [0.15, 0.2) is 12.4 Å². The zero-order valence-electron chi connectivity index (χ0n) is 9.95. The Labute approximate surface area is 92.7 Å². The third kappa shape index (κ3) is 2.42. The van der Waals surface area contributed by atoms with Crippen molar-refractivity contribution in [2.24, 2.45) is 5.92 Å². The van der Waals surface area contributed by atoms with E-state index in [1.54, 1.807) is 0 Å². The highest BCUT2D eigenvalue weighted by atomic mass is 15.3. The summed E-state index contributed by atoms with van der Waals surface area (Å²) in [6, 6.07) is 0.638. The summed E-state index contributed by atoms with van der Waals surface area (Å²) in [6.45, 7) is 4.41. The normalized spacial score (nSPS) is 20.4. The van der Waals surface area contributed by atoms with Gasteiger partial charge in [0.15, 0.2) is 0 Å². The van der Waals surface area contributed by atoms with Gasteiger partial charge in [-0.2, -0.15) is 5.10 Å². The van der Waals surface area contributed by atoms with Crippen LogP contribution in [0.5, 0.6) is 0 Å². The van der Waals surface area contributed by atoms with Crippen LogP contribution in [0, 0.1) is 12.8 Å². The lowest BCUT2D eigenvalue weighted by molar-refractivity contribution is 0.229. The van der Waals surface area contributed by atoms with Gasteiger partial charge in [0, 0.05) is 6.20 Å². The Morgan fingerprint density at radius 2 is 2.13 bits per heavy atom. The minimum absolute atomic E-state index is 0.638. The number of nitrogens with zero attached hydrogens (tertiary/aromatic N) is 2. The molecule has 0 N–H and O–H groups in total. The van der Waals surface area contributed by atoms with Crippen molar-refractivity contribution in [1.82, 2.24) is 9.78 Å². The lowest BCUT2D eigenvalue weighted by Crippen LogP contribution is -2.21. The molecule has 0 aromatic carbocycles. The summed E-state index contributed by atoms with van der Waals surface area (Å²) in [5, 5.41) is 4.48. The molecule has 1 aromatic heterocycles. The molecule has 0 aliphatic heterocycles. The molecule has 15 heavy (non-hydrogen) atoms. The minimum Gasteiger partial charge on any atom is -0.269 e. The van der Waals surface area contributed by atoms with Gasteiger partial charge in [-0.15, -0.1) is 0 Å².